The van der Waals surface area contributed by atoms with E-state index in [-0.39, 0.29) is 18.4 Å². The molecule has 122 valence electrons. The van der Waals surface area contributed by atoms with Crippen LogP contribution in [-0.2, 0) is 14.3 Å². The van der Waals surface area contributed by atoms with Crippen LogP contribution in [0.25, 0.3) is 0 Å². The molecule has 2 rings (SSSR count). The van der Waals surface area contributed by atoms with Gasteiger partial charge in [0.25, 0.3) is 5.91 Å². The van der Waals surface area contributed by atoms with Crippen LogP contribution in [0.2, 0.25) is 0 Å². The van der Waals surface area contributed by atoms with Crippen LogP contribution in [0.15, 0.2) is 28.7 Å². The van der Waals surface area contributed by atoms with Gasteiger partial charge in [0, 0.05) is 33.0 Å². The highest BCUT2D eigenvalue weighted by Crippen LogP contribution is 2.32. The topological polar surface area (TPSA) is 59.0 Å². The third kappa shape index (κ3) is 4.56. The molecule has 6 heteroatoms. The molecule has 1 aliphatic heterocycles. The van der Waals surface area contributed by atoms with Gasteiger partial charge in [0.15, 0.2) is 5.76 Å². The molecule has 0 saturated carbocycles. The van der Waals surface area contributed by atoms with Gasteiger partial charge in [-0.3, -0.25) is 4.79 Å². The number of hydrogen-bond acceptors (Lipinski definition) is 5. The summed E-state index contributed by atoms with van der Waals surface area (Å²) >= 11 is 1.64. The predicted octanol–water partition coefficient (Wildman–Crippen LogP) is 2.34. The Morgan fingerprint density at radius 3 is 2.95 bits per heavy atom. The van der Waals surface area contributed by atoms with Crippen molar-refractivity contribution in [2.75, 3.05) is 27.3 Å². The third-order valence-electron chi connectivity index (χ3n) is 3.50. The lowest BCUT2D eigenvalue weighted by atomic mass is 9.95. The highest BCUT2D eigenvalue weighted by atomic mass is 32.1. The largest absolute Gasteiger partial charge is 0.459 e. The van der Waals surface area contributed by atoms with E-state index in [4.69, 9.17) is 14.6 Å². The average Bonchev–Trinajstić information content (AvgIpc) is 3.05. The SMILES string of the molecule is CN(C)C(=O)C1=C[C@H](c2ccsc2)C[C@H](OCCCCO)O1. The molecule has 1 aromatic rings. The van der Waals surface area contributed by atoms with Crippen LogP contribution in [0, 0.1) is 0 Å². The van der Waals surface area contributed by atoms with E-state index in [0.29, 0.717) is 25.2 Å². The van der Waals surface area contributed by atoms with E-state index in [0.717, 1.165) is 6.42 Å². The molecule has 1 aromatic heterocycles. The summed E-state index contributed by atoms with van der Waals surface area (Å²) in [6.07, 6.45) is 3.64. The summed E-state index contributed by atoms with van der Waals surface area (Å²) in [4.78, 5) is 13.7. The minimum absolute atomic E-state index is 0.127. The first-order valence-corrected chi connectivity index (χ1v) is 8.40. The lowest BCUT2D eigenvalue weighted by Gasteiger charge is -2.29. The Balaban J connectivity index is 2.06. The smallest absolute Gasteiger partial charge is 0.288 e. The maximum Gasteiger partial charge on any atom is 0.288 e. The highest BCUT2D eigenvalue weighted by molar-refractivity contribution is 7.08. The van der Waals surface area contributed by atoms with Crippen molar-refractivity contribution in [2.45, 2.75) is 31.5 Å². The average molecular weight is 325 g/mol. The first-order valence-electron chi connectivity index (χ1n) is 7.46. The molecule has 0 aliphatic carbocycles. The Labute approximate surface area is 135 Å². The monoisotopic (exact) mass is 325 g/mol. The number of aliphatic hydroxyl groups is 1. The van der Waals surface area contributed by atoms with Crippen LogP contribution < -0.4 is 0 Å². The molecule has 5 nitrogen and oxygen atoms in total. The fourth-order valence-electron chi connectivity index (χ4n) is 2.28. The Morgan fingerprint density at radius 1 is 1.50 bits per heavy atom. The van der Waals surface area contributed by atoms with Gasteiger partial charge >= 0.3 is 0 Å². The standard InChI is InChI=1S/C16H23NO4S/c1-17(2)16(19)14-9-13(12-5-8-22-11-12)10-15(21-14)20-7-4-3-6-18/h5,8-9,11,13,15,18H,3-4,6-7,10H2,1-2H3/t13-,15+/m0/s1. The van der Waals surface area contributed by atoms with Gasteiger partial charge in [0.2, 0.25) is 6.29 Å². The molecular formula is C16H23NO4S. The van der Waals surface area contributed by atoms with E-state index in [1.165, 1.54) is 10.5 Å². The number of nitrogens with zero attached hydrogens (tertiary/aromatic N) is 1. The summed E-state index contributed by atoms with van der Waals surface area (Å²) in [5.74, 6) is 0.324. The van der Waals surface area contributed by atoms with Crippen molar-refractivity contribution in [2.24, 2.45) is 0 Å². The molecule has 2 atom stereocenters. The minimum Gasteiger partial charge on any atom is -0.459 e. The van der Waals surface area contributed by atoms with Crippen LogP contribution in [-0.4, -0.2) is 49.5 Å². The van der Waals surface area contributed by atoms with Crippen LogP contribution in [0.3, 0.4) is 0 Å². The zero-order chi connectivity index (χ0) is 15.9. The fraction of sp³-hybridized carbons (Fsp3) is 0.562. The van der Waals surface area contributed by atoms with E-state index in [1.807, 2.05) is 11.5 Å². The van der Waals surface area contributed by atoms with Gasteiger partial charge in [-0.1, -0.05) is 0 Å². The number of carbonyl (C=O) groups is 1. The molecule has 22 heavy (non-hydrogen) atoms. The maximum absolute atomic E-state index is 12.2. The van der Waals surface area contributed by atoms with E-state index in [2.05, 4.69) is 11.4 Å². The first-order chi connectivity index (χ1) is 10.6. The van der Waals surface area contributed by atoms with Crippen LogP contribution in [0.1, 0.15) is 30.7 Å². The molecule has 0 aromatic carbocycles. The second kappa shape index (κ2) is 8.31. The summed E-state index contributed by atoms with van der Waals surface area (Å²) < 4.78 is 11.4. The molecule has 2 heterocycles. The summed E-state index contributed by atoms with van der Waals surface area (Å²) in [7, 11) is 3.41. The number of allylic oxidation sites excluding steroid dienone is 1. The lowest BCUT2D eigenvalue weighted by Crippen LogP contribution is -2.32. The van der Waals surface area contributed by atoms with Crippen LogP contribution in [0.4, 0.5) is 0 Å². The Morgan fingerprint density at radius 2 is 2.32 bits per heavy atom. The molecule has 0 fully saturated rings. The number of carbonyl (C=O) groups excluding carboxylic acids is 1. The van der Waals surface area contributed by atoms with Crippen molar-refractivity contribution in [3.63, 3.8) is 0 Å². The van der Waals surface area contributed by atoms with Crippen LogP contribution >= 0.6 is 11.3 Å². The van der Waals surface area contributed by atoms with Gasteiger partial charge in [-0.05, 0) is 41.3 Å². The Bertz CT molecular complexity index is 498. The Hall–Kier alpha value is -1.37. The second-order valence-corrected chi connectivity index (χ2v) is 6.26. The van der Waals surface area contributed by atoms with Crippen molar-refractivity contribution in [1.29, 1.82) is 0 Å². The van der Waals surface area contributed by atoms with E-state index in [9.17, 15) is 4.79 Å². The quantitative estimate of drug-likeness (QED) is 0.782. The maximum atomic E-state index is 12.2. The summed E-state index contributed by atoms with van der Waals surface area (Å²) in [5, 5.41) is 12.9. The molecule has 1 amide bonds. The number of hydrogen-bond donors (Lipinski definition) is 1. The van der Waals surface area contributed by atoms with Crippen molar-refractivity contribution in [3.05, 3.63) is 34.2 Å². The number of aliphatic hydroxyl groups excluding tert-OH is 1. The number of thiophene rings is 1. The van der Waals surface area contributed by atoms with Crippen molar-refractivity contribution in [3.8, 4) is 0 Å². The predicted molar refractivity (Wildman–Crippen MR) is 85.6 cm³/mol. The molecule has 0 bridgehead atoms. The molecule has 1 N–H and O–H groups in total. The number of unbranched alkanes of at least 4 members (excludes halogenated alkanes) is 1. The molecule has 0 spiro atoms. The fourth-order valence-corrected chi connectivity index (χ4v) is 3.00. The minimum atomic E-state index is -0.424. The van der Waals surface area contributed by atoms with Crippen molar-refractivity contribution >= 4 is 17.2 Å². The lowest BCUT2D eigenvalue weighted by molar-refractivity contribution is -0.151. The summed E-state index contributed by atoms with van der Waals surface area (Å²) in [6.45, 7) is 0.682. The number of likely N-dealkylation sites (N-methyl/N-ethyl adjacent to an activating group) is 1. The third-order valence-corrected chi connectivity index (χ3v) is 4.20. The number of ether oxygens (including phenoxy) is 2. The van der Waals surface area contributed by atoms with Crippen molar-refractivity contribution in [1.82, 2.24) is 4.90 Å². The number of rotatable bonds is 7. The number of amides is 1. The van der Waals surface area contributed by atoms with Gasteiger partial charge in [-0.2, -0.15) is 11.3 Å². The Kier molecular flexibility index (Phi) is 6.42. The van der Waals surface area contributed by atoms with E-state index in [1.54, 1.807) is 25.4 Å². The van der Waals surface area contributed by atoms with Gasteiger partial charge < -0.3 is 19.5 Å². The summed E-state index contributed by atoms with van der Waals surface area (Å²) in [5.41, 5.74) is 1.18. The zero-order valence-corrected chi connectivity index (χ0v) is 13.8. The summed E-state index contributed by atoms with van der Waals surface area (Å²) in [6, 6.07) is 2.07. The zero-order valence-electron chi connectivity index (χ0n) is 13.0. The highest BCUT2D eigenvalue weighted by Gasteiger charge is 2.29. The van der Waals surface area contributed by atoms with E-state index >= 15 is 0 Å². The van der Waals surface area contributed by atoms with Gasteiger partial charge in [0.1, 0.15) is 0 Å². The van der Waals surface area contributed by atoms with Crippen molar-refractivity contribution < 1.29 is 19.4 Å². The molecule has 0 unspecified atom stereocenters. The second-order valence-electron chi connectivity index (χ2n) is 5.48. The van der Waals surface area contributed by atoms with Gasteiger partial charge in [-0.15, -0.1) is 0 Å². The van der Waals surface area contributed by atoms with Gasteiger partial charge in [0.05, 0.1) is 6.61 Å². The molecule has 1 aliphatic rings. The first kappa shape index (κ1) is 17.0. The molecular weight excluding hydrogens is 302 g/mol. The van der Waals surface area contributed by atoms with Crippen LogP contribution in [0.5, 0.6) is 0 Å². The molecule has 0 saturated heterocycles. The van der Waals surface area contributed by atoms with E-state index < -0.39 is 6.29 Å². The normalized spacial score (nSPS) is 21.1. The van der Waals surface area contributed by atoms with Gasteiger partial charge in [-0.25, -0.2) is 0 Å². The molecule has 0 radical (unpaired) electrons.